The fraction of sp³-hybridized carbons (Fsp3) is 0.0286. The summed E-state index contributed by atoms with van der Waals surface area (Å²) in [6, 6.07) is 39.9. The lowest BCUT2D eigenvalue weighted by atomic mass is 9.99. The normalized spacial score (nSPS) is 14.4. The minimum Gasteiger partial charge on any atom is -0.421 e. The van der Waals surface area contributed by atoms with E-state index in [4.69, 9.17) is 9.47 Å². The first kappa shape index (κ1) is 23.7. The van der Waals surface area contributed by atoms with Gasteiger partial charge in [0.05, 0.1) is 0 Å². The van der Waals surface area contributed by atoms with Gasteiger partial charge in [0.1, 0.15) is 11.1 Å². The fourth-order valence-electron chi connectivity index (χ4n) is 5.23. The largest absolute Gasteiger partial charge is 0.421 e. The maximum Gasteiger partial charge on any atom is 0.348 e. The van der Waals surface area contributed by atoms with Crippen LogP contribution in [0.25, 0.3) is 22.3 Å². The van der Waals surface area contributed by atoms with E-state index in [2.05, 4.69) is 41.3 Å². The van der Waals surface area contributed by atoms with E-state index >= 15 is 0 Å². The molecule has 2 aliphatic rings. The third-order valence-corrected chi connectivity index (χ3v) is 7.19. The zero-order valence-electron chi connectivity index (χ0n) is 21.6. The van der Waals surface area contributed by atoms with Crippen LogP contribution in [0.3, 0.4) is 0 Å². The lowest BCUT2D eigenvalue weighted by molar-refractivity contribution is -0.131. The number of anilines is 3. The van der Waals surface area contributed by atoms with Crippen molar-refractivity contribution in [2.24, 2.45) is 0 Å². The second-order valence-corrected chi connectivity index (χ2v) is 9.81. The van der Waals surface area contributed by atoms with Gasteiger partial charge in [-0.3, -0.25) is 0 Å². The molecule has 5 aromatic carbocycles. The van der Waals surface area contributed by atoms with Crippen LogP contribution in [0.1, 0.15) is 16.7 Å². The number of carbonyl (C=O) groups is 2. The first-order valence-corrected chi connectivity index (χ1v) is 13.0. The van der Waals surface area contributed by atoms with Crippen LogP contribution in [0.4, 0.5) is 17.1 Å². The van der Waals surface area contributed by atoms with Crippen LogP contribution < -0.4 is 4.90 Å². The van der Waals surface area contributed by atoms with Gasteiger partial charge in [0.15, 0.2) is 11.5 Å². The smallest absolute Gasteiger partial charge is 0.348 e. The van der Waals surface area contributed by atoms with Crippen LogP contribution in [0, 0.1) is 6.92 Å². The van der Waals surface area contributed by atoms with Crippen molar-refractivity contribution in [3.63, 3.8) is 0 Å². The Morgan fingerprint density at radius 1 is 0.500 bits per heavy atom. The number of carbonyl (C=O) groups excluding carboxylic acids is 2. The molecule has 0 N–H and O–H groups in total. The minimum atomic E-state index is -0.580. The summed E-state index contributed by atoms with van der Waals surface area (Å²) in [5.74, 6) is -0.688. The van der Waals surface area contributed by atoms with Gasteiger partial charge in [-0.05, 0) is 60.2 Å². The number of hydrogen-bond acceptors (Lipinski definition) is 5. The van der Waals surface area contributed by atoms with E-state index in [1.165, 1.54) is 0 Å². The summed E-state index contributed by atoms with van der Waals surface area (Å²) in [5.41, 5.74) is 5.85. The van der Waals surface area contributed by atoms with Gasteiger partial charge in [-0.25, -0.2) is 9.59 Å². The Kier molecular flexibility index (Phi) is 5.56. The topological polar surface area (TPSA) is 55.8 Å². The van der Waals surface area contributed by atoms with Crippen molar-refractivity contribution in [2.75, 3.05) is 4.90 Å². The van der Waals surface area contributed by atoms with Crippen LogP contribution in [0.2, 0.25) is 0 Å². The molecule has 5 aromatic rings. The molecule has 5 heteroatoms. The number of fused-ring (bicyclic) bond motifs is 2. The highest BCUT2D eigenvalue weighted by Gasteiger charge is 2.45. The van der Waals surface area contributed by atoms with Gasteiger partial charge in [-0.2, -0.15) is 0 Å². The van der Waals surface area contributed by atoms with Crippen LogP contribution in [0.5, 0.6) is 0 Å². The number of aryl methyl sites for hydroxylation is 1. The summed E-state index contributed by atoms with van der Waals surface area (Å²) >= 11 is 0. The lowest BCUT2D eigenvalue weighted by Crippen LogP contribution is -2.09. The Bertz CT molecular complexity index is 1830. The minimum absolute atomic E-state index is 0.177. The van der Waals surface area contributed by atoms with E-state index in [0.717, 1.165) is 33.4 Å². The molecule has 0 atom stereocenters. The Morgan fingerprint density at radius 3 is 1.60 bits per heavy atom. The molecular formula is C35H23NO4. The van der Waals surface area contributed by atoms with Gasteiger partial charge < -0.3 is 14.4 Å². The predicted octanol–water partition coefficient (Wildman–Crippen LogP) is 7.85. The summed E-state index contributed by atoms with van der Waals surface area (Å²) in [5, 5.41) is 1.96. The Labute approximate surface area is 231 Å². The Morgan fingerprint density at radius 2 is 1.00 bits per heavy atom. The molecule has 5 nitrogen and oxygen atoms in total. The van der Waals surface area contributed by atoms with Crippen molar-refractivity contribution < 1.29 is 19.1 Å². The molecule has 0 amide bonds. The molecule has 2 heterocycles. The molecule has 0 unspecified atom stereocenters. The Balaban J connectivity index is 1.30. The Hall–Kier alpha value is -5.42. The molecule has 192 valence electrons. The second kappa shape index (κ2) is 9.40. The maximum atomic E-state index is 12.9. The van der Waals surface area contributed by atoms with Gasteiger partial charge in [-0.15, -0.1) is 0 Å². The number of rotatable bonds is 5. The molecule has 2 aliphatic heterocycles. The van der Waals surface area contributed by atoms with Gasteiger partial charge in [0.25, 0.3) is 0 Å². The molecule has 0 saturated heterocycles. The van der Waals surface area contributed by atoms with Crippen LogP contribution >= 0.6 is 0 Å². The number of esters is 2. The summed E-state index contributed by atoms with van der Waals surface area (Å²) in [7, 11) is 0. The summed E-state index contributed by atoms with van der Waals surface area (Å²) in [6.07, 6.45) is 0. The van der Waals surface area contributed by atoms with E-state index in [1.807, 2.05) is 91.9 Å². The predicted molar refractivity (Wildman–Crippen MR) is 156 cm³/mol. The summed E-state index contributed by atoms with van der Waals surface area (Å²) < 4.78 is 11.2. The SMILES string of the molecule is Cc1ccc(C2=C3C(=O)OC(c4ccc5cc(N(c6ccccc6)c6ccccc6)ccc5c4)=C3C(=O)O2)cc1. The molecule has 0 aromatic heterocycles. The highest BCUT2D eigenvalue weighted by atomic mass is 16.6. The van der Waals surface area contributed by atoms with E-state index in [9.17, 15) is 9.59 Å². The number of cyclic esters (lactones) is 2. The molecule has 0 bridgehead atoms. The molecule has 0 spiro atoms. The fourth-order valence-corrected chi connectivity index (χ4v) is 5.23. The molecule has 0 aliphatic carbocycles. The highest BCUT2D eigenvalue weighted by Crippen LogP contribution is 2.44. The average molecular weight is 522 g/mol. The first-order valence-electron chi connectivity index (χ1n) is 13.0. The van der Waals surface area contributed by atoms with Crippen molar-refractivity contribution in [1.29, 1.82) is 0 Å². The number of benzene rings is 5. The third-order valence-electron chi connectivity index (χ3n) is 7.19. The molecule has 40 heavy (non-hydrogen) atoms. The van der Waals surface area contributed by atoms with Crippen molar-refractivity contribution in [2.45, 2.75) is 6.92 Å². The first-order chi connectivity index (χ1) is 19.6. The van der Waals surface area contributed by atoms with Gasteiger partial charge in [-0.1, -0.05) is 84.4 Å². The third kappa shape index (κ3) is 3.96. The van der Waals surface area contributed by atoms with Crippen molar-refractivity contribution >= 4 is 51.3 Å². The van der Waals surface area contributed by atoms with E-state index in [1.54, 1.807) is 0 Å². The van der Waals surface area contributed by atoms with Crippen molar-refractivity contribution in [3.05, 3.63) is 149 Å². The van der Waals surface area contributed by atoms with E-state index in [0.29, 0.717) is 11.1 Å². The number of hydrogen-bond donors (Lipinski definition) is 0. The molecule has 0 radical (unpaired) electrons. The van der Waals surface area contributed by atoms with Gasteiger partial charge >= 0.3 is 11.9 Å². The van der Waals surface area contributed by atoms with Crippen LogP contribution in [-0.4, -0.2) is 11.9 Å². The highest BCUT2D eigenvalue weighted by molar-refractivity contribution is 6.24. The van der Waals surface area contributed by atoms with Crippen LogP contribution in [0.15, 0.2) is 132 Å². The number of nitrogens with zero attached hydrogens (tertiary/aromatic N) is 1. The number of para-hydroxylation sites is 2. The zero-order chi connectivity index (χ0) is 27.2. The summed E-state index contributed by atoms with van der Waals surface area (Å²) in [4.78, 5) is 28.1. The van der Waals surface area contributed by atoms with Crippen molar-refractivity contribution in [1.82, 2.24) is 0 Å². The standard InChI is InChI=1S/C35H23NO4/c1-22-12-14-23(15-13-22)32-30-31(35(38)39-32)33(40-34(30)37)26-17-16-25-21-29(19-18-24(25)20-26)36(27-8-4-2-5-9-27)28-10-6-3-7-11-28/h2-21H,1H3. The van der Waals surface area contributed by atoms with E-state index < -0.39 is 11.9 Å². The number of ether oxygens (including phenoxy) is 2. The van der Waals surface area contributed by atoms with E-state index in [-0.39, 0.29) is 22.7 Å². The van der Waals surface area contributed by atoms with Gasteiger partial charge in [0, 0.05) is 28.2 Å². The molecule has 0 saturated carbocycles. The summed E-state index contributed by atoms with van der Waals surface area (Å²) in [6.45, 7) is 1.97. The monoisotopic (exact) mass is 521 g/mol. The van der Waals surface area contributed by atoms with Gasteiger partial charge in [0.2, 0.25) is 0 Å². The molecule has 0 fully saturated rings. The average Bonchev–Trinajstić information content (AvgIpc) is 3.52. The maximum absolute atomic E-state index is 12.9. The molecule has 7 rings (SSSR count). The quantitative estimate of drug-likeness (QED) is 0.220. The lowest BCUT2D eigenvalue weighted by Gasteiger charge is -2.25. The van der Waals surface area contributed by atoms with Crippen molar-refractivity contribution in [3.8, 4) is 0 Å². The second-order valence-electron chi connectivity index (χ2n) is 9.81. The van der Waals surface area contributed by atoms with Crippen LogP contribution in [-0.2, 0) is 19.1 Å². The zero-order valence-corrected chi connectivity index (χ0v) is 21.6. The molecular weight excluding hydrogens is 498 g/mol.